The number of hydrogen-bond donors (Lipinski definition) is 1. The van der Waals surface area contributed by atoms with E-state index in [2.05, 4.69) is 22.6 Å². The first kappa shape index (κ1) is 13.3. The van der Waals surface area contributed by atoms with Crippen molar-refractivity contribution in [2.45, 2.75) is 26.9 Å². The third-order valence-corrected chi connectivity index (χ3v) is 3.14. The standard InChI is InChI=1S/C12H16INO2/c1-7(2)8(3)16-12(15)10-6-9(13)4-5-11(10)14/h4-8H,14H2,1-3H3. The van der Waals surface area contributed by atoms with Gasteiger partial charge in [0.25, 0.3) is 0 Å². The molecule has 0 spiro atoms. The van der Waals surface area contributed by atoms with Crippen molar-refractivity contribution in [1.82, 2.24) is 0 Å². The lowest BCUT2D eigenvalue weighted by molar-refractivity contribution is 0.0239. The van der Waals surface area contributed by atoms with E-state index in [9.17, 15) is 4.79 Å². The van der Waals surface area contributed by atoms with Crippen LogP contribution in [-0.2, 0) is 4.74 Å². The first-order valence-corrected chi connectivity index (χ1v) is 6.25. The highest BCUT2D eigenvalue weighted by molar-refractivity contribution is 14.1. The summed E-state index contributed by atoms with van der Waals surface area (Å²) in [6, 6.07) is 5.32. The molecule has 1 rings (SSSR count). The molecule has 1 aromatic rings. The van der Waals surface area contributed by atoms with Gasteiger partial charge in [0.15, 0.2) is 0 Å². The maximum absolute atomic E-state index is 11.8. The molecule has 1 aromatic carbocycles. The molecule has 0 aliphatic rings. The number of esters is 1. The molecule has 0 saturated heterocycles. The molecular formula is C12H16INO2. The van der Waals surface area contributed by atoms with Crippen LogP contribution in [0, 0.1) is 9.49 Å². The van der Waals surface area contributed by atoms with Crippen LogP contribution in [0.3, 0.4) is 0 Å². The third kappa shape index (κ3) is 3.37. The van der Waals surface area contributed by atoms with Gasteiger partial charge in [-0.05, 0) is 53.6 Å². The Labute approximate surface area is 109 Å². The molecule has 0 saturated carbocycles. The van der Waals surface area contributed by atoms with Crippen LogP contribution >= 0.6 is 22.6 Å². The lowest BCUT2D eigenvalue weighted by atomic mass is 10.1. The lowest BCUT2D eigenvalue weighted by Gasteiger charge is -2.17. The molecule has 4 heteroatoms. The summed E-state index contributed by atoms with van der Waals surface area (Å²) in [4.78, 5) is 11.8. The van der Waals surface area contributed by atoms with Crippen molar-refractivity contribution in [3.05, 3.63) is 27.3 Å². The van der Waals surface area contributed by atoms with Gasteiger partial charge in [-0.3, -0.25) is 0 Å². The Kier molecular flexibility index (Phi) is 4.58. The number of anilines is 1. The van der Waals surface area contributed by atoms with E-state index in [0.717, 1.165) is 3.57 Å². The smallest absolute Gasteiger partial charge is 0.340 e. The van der Waals surface area contributed by atoms with Crippen molar-refractivity contribution in [3.8, 4) is 0 Å². The van der Waals surface area contributed by atoms with Gasteiger partial charge < -0.3 is 10.5 Å². The van der Waals surface area contributed by atoms with E-state index in [-0.39, 0.29) is 12.1 Å². The highest BCUT2D eigenvalue weighted by Crippen LogP contribution is 2.18. The van der Waals surface area contributed by atoms with Gasteiger partial charge >= 0.3 is 5.97 Å². The highest BCUT2D eigenvalue weighted by Gasteiger charge is 2.17. The molecule has 16 heavy (non-hydrogen) atoms. The lowest BCUT2D eigenvalue weighted by Crippen LogP contribution is -2.21. The Morgan fingerprint density at radius 3 is 2.56 bits per heavy atom. The van der Waals surface area contributed by atoms with Gasteiger partial charge in [0.05, 0.1) is 5.56 Å². The van der Waals surface area contributed by atoms with Crippen molar-refractivity contribution in [2.75, 3.05) is 5.73 Å². The predicted molar refractivity (Wildman–Crippen MR) is 73.3 cm³/mol. The number of nitrogen functional groups attached to an aromatic ring is 1. The van der Waals surface area contributed by atoms with Crippen LogP contribution in [0.25, 0.3) is 0 Å². The molecule has 1 unspecified atom stereocenters. The third-order valence-electron chi connectivity index (χ3n) is 2.47. The van der Waals surface area contributed by atoms with Crippen LogP contribution in [0.5, 0.6) is 0 Å². The number of hydrogen-bond acceptors (Lipinski definition) is 3. The molecule has 0 aromatic heterocycles. The second kappa shape index (κ2) is 5.52. The molecule has 0 bridgehead atoms. The average molecular weight is 333 g/mol. The summed E-state index contributed by atoms with van der Waals surface area (Å²) in [6.45, 7) is 5.90. The monoisotopic (exact) mass is 333 g/mol. The summed E-state index contributed by atoms with van der Waals surface area (Å²) in [5.74, 6) is -0.0508. The van der Waals surface area contributed by atoms with Crippen LogP contribution in [0.1, 0.15) is 31.1 Å². The normalized spacial score (nSPS) is 12.6. The van der Waals surface area contributed by atoms with E-state index < -0.39 is 0 Å². The molecule has 3 nitrogen and oxygen atoms in total. The van der Waals surface area contributed by atoms with Crippen LogP contribution < -0.4 is 5.73 Å². The van der Waals surface area contributed by atoms with E-state index in [4.69, 9.17) is 10.5 Å². The fourth-order valence-electron chi connectivity index (χ4n) is 1.07. The SMILES string of the molecule is CC(C)C(C)OC(=O)c1cc(I)ccc1N. The Bertz CT molecular complexity index is 391. The highest BCUT2D eigenvalue weighted by atomic mass is 127. The summed E-state index contributed by atoms with van der Waals surface area (Å²) in [5, 5.41) is 0. The molecule has 0 aliphatic carbocycles. The maximum Gasteiger partial charge on any atom is 0.340 e. The van der Waals surface area contributed by atoms with E-state index in [1.807, 2.05) is 26.8 Å². The van der Waals surface area contributed by atoms with Crippen LogP contribution in [0.2, 0.25) is 0 Å². The topological polar surface area (TPSA) is 52.3 Å². The summed E-state index contributed by atoms with van der Waals surface area (Å²) in [6.07, 6.45) is -0.107. The second-order valence-electron chi connectivity index (χ2n) is 4.09. The van der Waals surface area contributed by atoms with Gasteiger partial charge in [-0.15, -0.1) is 0 Å². The quantitative estimate of drug-likeness (QED) is 0.525. The number of halogens is 1. The van der Waals surface area contributed by atoms with Crippen molar-refractivity contribution in [2.24, 2.45) is 5.92 Å². The summed E-state index contributed by atoms with van der Waals surface area (Å²) >= 11 is 2.14. The van der Waals surface area contributed by atoms with E-state index in [1.54, 1.807) is 12.1 Å². The predicted octanol–water partition coefficient (Wildman–Crippen LogP) is 3.07. The second-order valence-corrected chi connectivity index (χ2v) is 5.33. The van der Waals surface area contributed by atoms with Crippen molar-refractivity contribution in [3.63, 3.8) is 0 Å². The number of nitrogens with two attached hydrogens (primary N) is 1. The number of rotatable bonds is 3. The van der Waals surface area contributed by atoms with E-state index in [1.165, 1.54) is 0 Å². The minimum absolute atomic E-state index is 0.107. The Hall–Kier alpha value is -0.780. The van der Waals surface area contributed by atoms with Gasteiger partial charge in [0.1, 0.15) is 6.10 Å². The average Bonchev–Trinajstić information content (AvgIpc) is 2.21. The molecule has 1 atom stereocenters. The number of carbonyl (C=O) groups excluding carboxylic acids is 1. The van der Waals surface area contributed by atoms with Gasteiger partial charge in [-0.25, -0.2) is 4.79 Å². The molecule has 88 valence electrons. The molecule has 2 N–H and O–H groups in total. The first-order chi connectivity index (χ1) is 7.41. The van der Waals surface area contributed by atoms with Crippen molar-refractivity contribution in [1.29, 1.82) is 0 Å². The number of benzene rings is 1. The van der Waals surface area contributed by atoms with Crippen LogP contribution in [0.4, 0.5) is 5.69 Å². The molecular weight excluding hydrogens is 317 g/mol. The fraction of sp³-hybridized carbons (Fsp3) is 0.417. The number of carbonyl (C=O) groups is 1. The van der Waals surface area contributed by atoms with Crippen molar-refractivity contribution >= 4 is 34.2 Å². The van der Waals surface area contributed by atoms with Crippen molar-refractivity contribution < 1.29 is 9.53 Å². The Balaban J connectivity index is 2.84. The molecule has 0 radical (unpaired) electrons. The zero-order valence-corrected chi connectivity index (χ0v) is 11.8. The number of ether oxygens (including phenoxy) is 1. The minimum atomic E-state index is -0.350. The fourth-order valence-corrected chi connectivity index (χ4v) is 1.56. The Morgan fingerprint density at radius 2 is 2.00 bits per heavy atom. The summed E-state index contributed by atoms with van der Waals surface area (Å²) < 4.78 is 6.28. The summed E-state index contributed by atoms with van der Waals surface area (Å²) in [7, 11) is 0. The molecule has 0 aliphatic heterocycles. The minimum Gasteiger partial charge on any atom is -0.459 e. The zero-order chi connectivity index (χ0) is 12.3. The van der Waals surface area contributed by atoms with Gasteiger partial charge in [0, 0.05) is 9.26 Å². The largest absolute Gasteiger partial charge is 0.459 e. The maximum atomic E-state index is 11.8. The molecule has 0 fully saturated rings. The summed E-state index contributed by atoms with van der Waals surface area (Å²) in [5.41, 5.74) is 6.64. The molecule has 0 amide bonds. The van der Waals surface area contributed by atoms with Gasteiger partial charge in [-0.1, -0.05) is 13.8 Å². The molecule has 0 heterocycles. The first-order valence-electron chi connectivity index (χ1n) is 5.18. The van der Waals surface area contributed by atoms with E-state index in [0.29, 0.717) is 17.2 Å². The van der Waals surface area contributed by atoms with Crippen LogP contribution in [-0.4, -0.2) is 12.1 Å². The van der Waals surface area contributed by atoms with Gasteiger partial charge in [0.2, 0.25) is 0 Å². The Morgan fingerprint density at radius 1 is 1.38 bits per heavy atom. The van der Waals surface area contributed by atoms with Gasteiger partial charge in [-0.2, -0.15) is 0 Å². The van der Waals surface area contributed by atoms with Crippen LogP contribution in [0.15, 0.2) is 18.2 Å². The van der Waals surface area contributed by atoms with E-state index >= 15 is 0 Å². The zero-order valence-electron chi connectivity index (χ0n) is 9.66.